The van der Waals surface area contributed by atoms with Crippen LogP contribution in [0.5, 0.6) is 0 Å². The molecule has 1 fully saturated rings. The smallest absolute Gasteiger partial charge is 0.237 e. The van der Waals surface area contributed by atoms with E-state index in [-0.39, 0.29) is 11.8 Å². The molecule has 2 unspecified atom stereocenters. The summed E-state index contributed by atoms with van der Waals surface area (Å²) in [4.78, 5) is 31.1. The molecule has 2 aliphatic rings. The first-order valence-corrected chi connectivity index (χ1v) is 10.1. The van der Waals surface area contributed by atoms with E-state index < -0.39 is 11.8 Å². The lowest BCUT2D eigenvalue weighted by Gasteiger charge is -2.15. The van der Waals surface area contributed by atoms with Gasteiger partial charge in [0, 0.05) is 42.3 Å². The van der Waals surface area contributed by atoms with E-state index in [1.807, 2.05) is 30.5 Å². The molecule has 2 aromatic heterocycles. The highest BCUT2D eigenvalue weighted by atomic mass is 16.2. The Morgan fingerprint density at radius 3 is 2.55 bits per heavy atom. The molecule has 0 aliphatic carbocycles. The van der Waals surface area contributed by atoms with Gasteiger partial charge < -0.3 is 9.55 Å². The van der Waals surface area contributed by atoms with Crippen molar-refractivity contribution in [1.82, 2.24) is 14.5 Å². The second-order valence-corrected chi connectivity index (χ2v) is 8.18. The number of carbonyl (C=O) groups is 2. The summed E-state index contributed by atoms with van der Waals surface area (Å²) >= 11 is 0. The molecule has 0 bridgehead atoms. The van der Waals surface area contributed by atoms with Crippen LogP contribution in [0.4, 0.5) is 0 Å². The van der Waals surface area contributed by atoms with Crippen molar-refractivity contribution in [1.29, 1.82) is 0 Å². The number of aryl methyl sites for hydroxylation is 2. The summed E-state index contributed by atoms with van der Waals surface area (Å²) in [6.45, 7) is 0.954. The number of fused-ring (bicyclic) bond motifs is 1. The van der Waals surface area contributed by atoms with Crippen molar-refractivity contribution in [3.05, 3.63) is 71.5 Å². The van der Waals surface area contributed by atoms with Crippen molar-refractivity contribution in [3.63, 3.8) is 0 Å². The normalized spacial score (nSPS) is 21.6. The van der Waals surface area contributed by atoms with Gasteiger partial charge in [0.2, 0.25) is 11.8 Å². The number of benzene rings is 2. The van der Waals surface area contributed by atoms with Crippen LogP contribution in [0.25, 0.3) is 21.8 Å². The predicted molar refractivity (Wildman–Crippen MR) is 112 cm³/mol. The molecule has 0 saturated carbocycles. The van der Waals surface area contributed by atoms with Crippen molar-refractivity contribution in [2.24, 2.45) is 0 Å². The zero-order valence-corrected chi connectivity index (χ0v) is 16.2. The van der Waals surface area contributed by atoms with Crippen molar-refractivity contribution >= 4 is 33.6 Å². The number of hydrogen-bond acceptors (Lipinski definition) is 2. The first-order valence-electron chi connectivity index (χ1n) is 10.1. The summed E-state index contributed by atoms with van der Waals surface area (Å²) in [5, 5.41) is 2.11. The Hall–Kier alpha value is -3.34. The number of para-hydroxylation sites is 2. The van der Waals surface area contributed by atoms with Gasteiger partial charge in [0.1, 0.15) is 0 Å². The third-order valence-electron chi connectivity index (χ3n) is 6.68. The molecule has 29 heavy (non-hydrogen) atoms. The van der Waals surface area contributed by atoms with Crippen LogP contribution in [-0.4, -0.2) is 33.3 Å². The number of likely N-dealkylation sites (tertiary alicyclic amines) is 1. The molecule has 2 aliphatic heterocycles. The Kier molecular flexibility index (Phi) is 3.34. The van der Waals surface area contributed by atoms with E-state index in [4.69, 9.17) is 0 Å². The van der Waals surface area contributed by atoms with E-state index in [0.717, 1.165) is 46.8 Å². The Morgan fingerprint density at radius 2 is 1.69 bits per heavy atom. The summed E-state index contributed by atoms with van der Waals surface area (Å²) in [5.41, 5.74) is 5.41. The number of carbonyl (C=O) groups excluding carboxylic acids is 2. The average Bonchev–Trinajstić information content (AvgIpc) is 3.39. The first-order chi connectivity index (χ1) is 14.1. The van der Waals surface area contributed by atoms with Crippen molar-refractivity contribution < 1.29 is 9.59 Å². The number of amides is 2. The van der Waals surface area contributed by atoms with Gasteiger partial charge in [-0.05, 0) is 35.6 Å². The van der Waals surface area contributed by atoms with Crippen molar-refractivity contribution in [2.75, 3.05) is 7.05 Å². The average molecular weight is 383 g/mol. The fourth-order valence-electron chi connectivity index (χ4n) is 5.32. The Bertz CT molecular complexity index is 1310. The first kappa shape index (κ1) is 16.6. The molecule has 5 heteroatoms. The lowest BCUT2D eigenvalue weighted by molar-refractivity contribution is -0.137. The maximum atomic E-state index is 13.3. The molecule has 4 aromatic rings. The number of rotatable bonds is 2. The lowest BCUT2D eigenvalue weighted by Crippen LogP contribution is -2.25. The number of aromatic nitrogens is 2. The van der Waals surface area contributed by atoms with Crippen LogP contribution >= 0.6 is 0 Å². The largest absolute Gasteiger partial charge is 0.361 e. The quantitative estimate of drug-likeness (QED) is 0.533. The number of nitrogens with one attached hydrogen (secondary N) is 1. The minimum atomic E-state index is -0.507. The van der Waals surface area contributed by atoms with E-state index in [2.05, 4.69) is 33.9 Å². The van der Waals surface area contributed by atoms with Crippen LogP contribution in [0.2, 0.25) is 0 Å². The zero-order valence-electron chi connectivity index (χ0n) is 16.2. The van der Waals surface area contributed by atoms with Crippen LogP contribution in [0, 0.1) is 0 Å². The van der Waals surface area contributed by atoms with Crippen LogP contribution in [0.1, 0.15) is 34.9 Å². The maximum absolute atomic E-state index is 13.3. The highest BCUT2D eigenvalue weighted by molar-refractivity contribution is 6.13. The molecule has 1 saturated heterocycles. The minimum absolute atomic E-state index is 0.117. The van der Waals surface area contributed by atoms with Crippen LogP contribution < -0.4 is 0 Å². The van der Waals surface area contributed by atoms with Gasteiger partial charge in [0.05, 0.1) is 17.4 Å². The van der Waals surface area contributed by atoms with Gasteiger partial charge >= 0.3 is 0 Å². The van der Waals surface area contributed by atoms with Crippen molar-refractivity contribution in [3.8, 4) is 0 Å². The number of aromatic amines is 1. The molecular formula is C24H21N3O2. The molecule has 2 aromatic carbocycles. The topological polar surface area (TPSA) is 58.1 Å². The number of H-pyrrole nitrogens is 1. The van der Waals surface area contributed by atoms with E-state index >= 15 is 0 Å². The van der Waals surface area contributed by atoms with Crippen LogP contribution in [0.3, 0.4) is 0 Å². The van der Waals surface area contributed by atoms with E-state index in [1.54, 1.807) is 7.05 Å². The van der Waals surface area contributed by atoms with Gasteiger partial charge in [-0.1, -0.05) is 36.4 Å². The molecule has 6 rings (SSSR count). The third kappa shape index (κ3) is 2.15. The fourth-order valence-corrected chi connectivity index (χ4v) is 5.32. The van der Waals surface area contributed by atoms with Gasteiger partial charge in [-0.3, -0.25) is 14.5 Å². The summed E-state index contributed by atoms with van der Waals surface area (Å²) in [5.74, 6) is -1.25. The maximum Gasteiger partial charge on any atom is 0.237 e. The number of likely N-dealkylation sites (N-methyl/N-ethyl adjacent to an activating group) is 1. The summed E-state index contributed by atoms with van der Waals surface area (Å²) in [7, 11) is 1.61. The summed E-state index contributed by atoms with van der Waals surface area (Å²) in [6, 6.07) is 14.3. The SMILES string of the molecule is CN1C(=O)C(c2c[nH]c3ccccc23)C(c2cn3c4c(cccc24)CCC3)C1=O. The molecule has 0 spiro atoms. The number of imide groups is 1. The van der Waals surface area contributed by atoms with E-state index in [9.17, 15) is 9.59 Å². The minimum Gasteiger partial charge on any atom is -0.361 e. The molecule has 2 amide bonds. The van der Waals surface area contributed by atoms with E-state index in [0.29, 0.717) is 0 Å². The fraction of sp³-hybridized carbons (Fsp3) is 0.250. The van der Waals surface area contributed by atoms with E-state index in [1.165, 1.54) is 16.0 Å². The molecular weight excluding hydrogens is 362 g/mol. The third-order valence-corrected chi connectivity index (χ3v) is 6.68. The summed E-state index contributed by atoms with van der Waals surface area (Å²) in [6.07, 6.45) is 6.17. The van der Waals surface area contributed by atoms with Crippen LogP contribution in [-0.2, 0) is 22.6 Å². The molecule has 144 valence electrons. The zero-order chi connectivity index (χ0) is 19.7. The molecule has 0 radical (unpaired) electrons. The number of nitrogens with zero attached hydrogens (tertiary/aromatic N) is 2. The highest BCUT2D eigenvalue weighted by Gasteiger charge is 2.49. The second-order valence-electron chi connectivity index (χ2n) is 8.18. The van der Waals surface area contributed by atoms with Crippen molar-refractivity contribution in [2.45, 2.75) is 31.2 Å². The number of hydrogen-bond donors (Lipinski definition) is 1. The van der Waals surface area contributed by atoms with Gasteiger partial charge in [0.25, 0.3) is 0 Å². The Balaban J connectivity index is 1.60. The molecule has 1 N–H and O–H groups in total. The van der Waals surface area contributed by atoms with Gasteiger partial charge in [-0.25, -0.2) is 0 Å². The summed E-state index contributed by atoms with van der Waals surface area (Å²) < 4.78 is 2.27. The van der Waals surface area contributed by atoms with Gasteiger partial charge in [0.15, 0.2) is 0 Å². The highest BCUT2D eigenvalue weighted by Crippen LogP contribution is 2.46. The van der Waals surface area contributed by atoms with Crippen LogP contribution in [0.15, 0.2) is 54.9 Å². The Morgan fingerprint density at radius 1 is 0.931 bits per heavy atom. The molecule has 2 atom stereocenters. The van der Waals surface area contributed by atoms with Gasteiger partial charge in [-0.15, -0.1) is 0 Å². The second kappa shape index (κ2) is 5.83. The monoisotopic (exact) mass is 383 g/mol. The molecule has 5 nitrogen and oxygen atoms in total. The molecule has 4 heterocycles. The Labute approximate surface area is 167 Å². The lowest BCUT2D eigenvalue weighted by atomic mass is 9.83. The standard InChI is InChI=1S/C24H21N3O2/c1-26-23(28)20(17-12-25-19-10-3-2-8-15(17)19)21(24(26)29)18-13-27-11-5-7-14-6-4-9-16(18)22(14)27/h2-4,6,8-10,12-13,20-21,25H,5,7,11H2,1H3. The van der Waals surface area contributed by atoms with Gasteiger partial charge in [-0.2, -0.15) is 0 Å². The predicted octanol–water partition coefficient (Wildman–Crippen LogP) is 3.93.